The number of halogens is 1. The summed E-state index contributed by atoms with van der Waals surface area (Å²) in [6.07, 6.45) is 0. The minimum Gasteiger partial charge on any atom is -0.478 e. The van der Waals surface area contributed by atoms with Gasteiger partial charge in [-0.2, -0.15) is 0 Å². The first-order chi connectivity index (χ1) is 10.8. The number of anilines is 1. The molecule has 0 spiro atoms. The molecule has 5 nitrogen and oxygen atoms in total. The number of ether oxygens (including phenoxy) is 1. The van der Waals surface area contributed by atoms with Crippen molar-refractivity contribution in [3.8, 4) is 5.75 Å². The van der Waals surface area contributed by atoms with E-state index in [4.69, 9.17) is 21.4 Å². The minimum absolute atomic E-state index is 0.152. The second-order valence-corrected chi connectivity index (χ2v) is 5.84. The predicted octanol–water partition coefficient (Wildman–Crippen LogP) is 3.83. The Bertz CT molecular complexity index is 708. The highest BCUT2D eigenvalue weighted by Gasteiger charge is 2.30. The molecule has 6 heteroatoms. The number of hydrogen-bond donors (Lipinski definition) is 2. The highest BCUT2D eigenvalue weighted by molar-refractivity contribution is 6.30. The SMILES string of the molecule is CC(C)(Oc1ccc(Cl)cc1)C(=O)Nc1ccc(C(=O)O)cc1. The molecule has 2 N–H and O–H groups in total. The molecule has 0 aliphatic rings. The van der Waals surface area contributed by atoms with Gasteiger partial charge in [-0.15, -0.1) is 0 Å². The Hall–Kier alpha value is -2.53. The summed E-state index contributed by atoms with van der Waals surface area (Å²) < 4.78 is 5.69. The van der Waals surface area contributed by atoms with Crippen LogP contribution < -0.4 is 10.1 Å². The van der Waals surface area contributed by atoms with Gasteiger partial charge in [-0.05, 0) is 62.4 Å². The summed E-state index contributed by atoms with van der Waals surface area (Å²) in [5, 5.41) is 12.1. The van der Waals surface area contributed by atoms with Gasteiger partial charge in [0, 0.05) is 10.7 Å². The lowest BCUT2D eigenvalue weighted by Gasteiger charge is -2.25. The van der Waals surface area contributed by atoms with Crippen LogP contribution in [0.2, 0.25) is 5.02 Å². The third kappa shape index (κ3) is 4.47. The molecule has 0 radical (unpaired) electrons. The number of amides is 1. The average Bonchev–Trinajstić information content (AvgIpc) is 2.50. The number of carbonyl (C=O) groups is 2. The Balaban J connectivity index is 2.05. The number of carbonyl (C=O) groups excluding carboxylic acids is 1. The molecular weight excluding hydrogens is 318 g/mol. The number of aromatic carboxylic acids is 1. The van der Waals surface area contributed by atoms with Gasteiger partial charge in [0.15, 0.2) is 5.60 Å². The van der Waals surface area contributed by atoms with Crippen LogP contribution >= 0.6 is 11.6 Å². The third-order valence-electron chi connectivity index (χ3n) is 3.12. The van der Waals surface area contributed by atoms with E-state index in [1.807, 2.05) is 0 Å². The van der Waals surface area contributed by atoms with Crippen molar-refractivity contribution >= 4 is 29.2 Å². The van der Waals surface area contributed by atoms with E-state index < -0.39 is 11.6 Å². The number of rotatable bonds is 5. The van der Waals surface area contributed by atoms with Crippen LogP contribution in [0, 0.1) is 0 Å². The summed E-state index contributed by atoms with van der Waals surface area (Å²) in [5.41, 5.74) is -0.466. The van der Waals surface area contributed by atoms with Gasteiger partial charge in [0.05, 0.1) is 5.56 Å². The lowest BCUT2D eigenvalue weighted by Crippen LogP contribution is -2.42. The Labute approximate surface area is 138 Å². The molecule has 0 bridgehead atoms. The van der Waals surface area contributed by atoms with E-state index in [-0.39, 0.29) is 11.5 Å². The second-order valence-electron chi connectivity index (χ2n) is 5.40. The fourth-order valence-corrected chi connectivity index (χ4v) is 1.95. The second kappa shape index (κ2) is 6.71. The van der Waals surface area contributed by atoms with Gasteiger partial charge in [-0.1, -0.05) is 11.6 Å². The molecule has 120 valence electrons. The number of benzene rings is 2. The van der Waals surface area contributed by atoms with Crippen LogP contribution in [0.5, 0.6) is 5.75 Å². The van der Waals surface area contributed by atoms with Gasteiger partial charge < -0.3 is 15.2 Å². The Morgan fingerprint density at radius 1 is 1.04 bits per heavy atom. The van der Waals surface area contributed by atoms with Crippen molar-refractivity contribution in [2.24, 2.45) is 0 Å². The molecule has 0 aliphatic heterocycles. The van der Waals surface area contributed by atoms with E-state index >= 15 is 0 Å². The fraction of sp³-hybridized carbons (Fsp3) is 0.176. The summed E-state index contributed by atoms with van der Waals surface area (Å²) in [7, 11) is 0. The van der Waals surface area contributed by atoms with Crippen LogP contribution in [0.25, 0.3) is 0 Å². The Morgan fingerprint density at radius 3 is 2.13 bits per heavy atom. The maximum Gasteiger partial charge on any atom is 0.335 e. The average molecular weight is 334 g/mol. The standard InChI is InChI=1S/C17H16ClNO4/c1-17(2,23-14-9-5-12(18)6-10-14)16(22)19-13-7-3-11(4-8-13)15(20)21/h3-10H,1-2H3,(H,19,22)(H,20,21). The number of nitrogens with one attached hydrogen (secondary N) is 1. The largest absolute Gasteiger partial charge is 0.478 e. The lowest BCUT2D eigenvalue weighted by molar-refractivity contribution is -0.128. The quantitative estimate of drug-likeness (QED) is 0.871. The molecule has 0 aliphatic carbocycles. The lowest BCUT2D eigenvalue weighted by atomic mass is 10.1. The summed E-state index contributed by atoms with van der Waals surface area (Å²) >= 11 is 5.81. The Morgan fingerprint density at radius 2 is 1.61 bits per heavy atom. The van der Waals surface area contributed by atoms with E-state index in [1.54, 1.807) is 38.1 Å². The molecule has 0 aromatic heterocycles. The van der Waals surface area contributed by atoms with Crippen molar-refractivity contribution < 1.29 is 19.4 Å². The fourth-order valence-electron chi connectivity index (χ4n) is 1.82. The summed E-state index contributed by atoms with van der Waals surface area (Å²) in [4.78, 5) is 23.1. The molecule has 0 saturated carbocycles. The molecule has 0 atom stereocenters. The maximum atomic E-state index is 12.3. The molecule has 2 rings (SSSR count). The first-order valence-electron chi connectivity index (χ1n) is 6.87. The van der Waals surface area contributed by atoms with E-state index in [2.05, 4.69) is 5.32 Å². The van der Waals surface area contributed by atoms with Gasteiger partial charge in [0.25, 0.3) is 5.91 Å². The minimum atomic E-state index is -1.11. The smallest absolute Gasteiger partial charge is 0.335 e. The summed E-state index contributed by atoms with van der Waals surface area (Å²) in [5.74, 6) is -0.847. The summed E-state index contributed by atoms with van der Waals surface area (Å²) in [6.45, 7) is 3.28. The zero-order chi connectivity index (χ0) is 17.0. The maximum absolute atomic E-state index is 12.3. The highest BCUT2D eigenvalue weighted by atomic mass is 35.5. The number of carboxylic acids is 1. The van der Waals surface area contributed by atoms with Gasteiger partial charge in [-0.3, -0.25) is 4.79 Å². The van der Waals surface area contributed by atoms with Crippen molar-refractivity contribution in [1.29, 1.82) is 0 Å². The van der Waals surface area contributed by atoms with Crippen molar-refractivity contribution in [1.82, 2.24) is 0 Å². The normalized spacial score (nSPS) is 10.9. The molecule has 0 heterocycles. The Kier molecular flexibility index (Phi) is 4.91. The topological polar surface area (TPSA) is 75.6 Å². The van der Waals surface area contributed by atoms with Crippen LogP contribution in [0.4, 0.5) is 5.69 Å². The van der Waals surface area contributed by atoms with Crippen molar-refractivity contribution in [3.05, 3.63) is 59.1 Å². The van der Waals surface area contributed by atoms with Gasteiger partial charge in [0.2, 0.25) is 0 Å². The van der Waals surface area contributed by atoms with Gasteiger partial charge in [0.1, 0.15) is 5.75 Å². The molecule has 0 fully saturated rings. The van der Waals surface area contributed by atoms with Crippen LogP contribution in [0.1, 0.15) is 24.2 Å². The van der Waals surface area contributed by atoms with Gasteiger partial charge >= 0.3 is 5.97 Å². The van der Waals surface area contributed by atoms with E-state index in [9.17, 15) is 9.59 Å². The van der Waals surface area contributed by atoms with Crippen molar-refractivity contribution in [2.45, 2.75) is 19.4 Å². The molecule has 0 unspecified atom stereocenters. The van der Waals surface area contributed by atoms with Gasteiger partial charge in [-0.25, -0.2) is 4.79 Å². The first kappa shape index (κ1) is 16.8. The molecular formula is C17H16ClNO4. The molecule has 2 aromatic rings. The van der Waals surface area contributed by atoms with Crippen LogP contribution in [0.3, 0.4) is 0 Å². The predicted molar refractivity (Wildman–Crippen MR) is 88.2 cm³/mol. The van der Waals surface area contributed by atoms with Crippen LogP contribution in [-0.2, 0) is 4.79 Å². The number of hydrogen-bond acceptors (Lipinski definition) is 3. The van der Waals surface area contributed by atoms with Crippen molar-refractivity contribution in [2.75, 3.05) is 5.32 Å². The summed E-state index contributed by atoms with van der Waals surface area (Å²) in [6, 6.07) is 12.6. The van der Waals surface area contributed by atoms with E-state index in [0.29, 0.717) is 16.5 Å². The highest BCUT2D eigenvalue weighted by Crippen LogP contribution is 2.22. The number of carboxylic acid groups (broad SMARTS) is 1. The van der Waals surface area contributed by atoms with Crippen LogP contribution in [-0.4, -0.2) is 22.6 Å². The zero-order valence-corrected chi connectivity index (χ0v) is 13.4. The molecule has 2 aromatic carbocycles. The first-order valence-corrected chi connectivity index (χ1v) is 7.25. The monoisotopic (exact) mass is 333 g/mol. The van der Waals surface area contributed by atoms with Crippen molar-refractivity contribution in [3.63, 3.8) is 0 Å². The molecule has 0 saturated heterocycles. The van der Waals surface area contributed by atoms with Crippen LogP contribution in [0.15, 0.2) is 48.5 Å². The third-order valence-corrected chi connectivity index (χ3v) is 3.38. The van der Waals surface area contributed by atoms with E-state index in [0.717, 1.165) is 0 Å². The molecule has 1 amide bonds. The van der Waals surface area contributed by atoms with E-state index in [1.165, 1.54) is 24.3 Å². The zero-order valence-electron chi connectivity index (χ0n) is 12.7. The molecule has 23 heavy (non-hydrogen) atoms.